The van der Waals surface area contributed by atoms with Crippen molar-refractivity contribution in [3.8, 4) is 10.6 Å². The number of amides is 1. The Morgan fingerprint density at radius 3 is 2.54 bits per heavy atom. The molecule has 0 saturated carbocycles. The van der Waals surface area contributed by atoms with E-state index in [0.29, 0.717) is 29.5 Å². The molecule has 0 aliphatic rings. The zero-order valence-electron chi connectivity index (χ0n) is 14.5. The Bertz CT molecular complexity index is 835. The molecule has 2 aromatic rings. The molecule has 0 aliphatic carbocycles. The number of nitrogens with zero attached hydrogens (tertiary/aromatic N) is 2. The van der Waals surface area contributed by atoms with Crippen molar-refractivity contribution < 1.29 is 17.6 Å². The minimum absolute atomic E-state index is 0.210. The van der Waals surface area contributed by atoms with Crippen molar-refractivity contribution in [1.82, 2.24) is 14.9 Å². The van der Waals surface area contributed by atoms with Crippen LogP contribution >= 0.6 is 11.3 Å². The van der Waals surface area contributed by atoms with Crippen LogP contribution in [0.4, 0.5) is 9.52 Å². The van der Waals surface area contributed by atoms with Crippen molar-refractivity contribution in [2.45, 2.75) is 38.4 Å². The zero-order chi connectivity index (χ0) is 19.2. The molecule has 1 aromatic carbocycles. The van der Waals surface area contributed by atoms with Gasteiger partial charge in [0.05, 0.1) is 5.25 Å². The van der Waals surface area contributed by atoms with Crippen molar-refractivity contribution in [3.63, 3.8) is 0 Å². The van der Waals surface area contributed by atoms with Gasteiger partial charge < -0.3 is 5.32 Å². The Labute approximate surface area is 156 Å². The number of sulfonamides is 1. The van der Waals surface area contributed by atoms with E-state index in [1.165, 1.54) is 23.5 Å². The lowest BCUT2D eigenvalue weighted by Crippen LogP contribution is -2.31. The van der Waals surface area contributed by atoms with E-state index in [1.54, 1.807) is 26.0 Å². The summed E-state index contributed by atoms with van der Waals surface area (Å²) in [5, 5.41) is 11.0. The lowest BCUT2D eigenvalue weighted by molar-refractivity contribution is -0.116. The molecule has 0 spiro atoms. The van der Waals surface area contributed by atoms with Crippen molar-refractivity contribution in [2.24, 2.45) is 0 Å². The smallest absolute Gasteiger partial charge is 0.226 e. The fourth-order valence-corrected chi connectivity index (χ4v) is 3.48. The molecule has 10 heteroatoms. The summed E-state index contributed by atoms with van der Waals surface area (Å²) in [7, 11) is -3.26. The van der Waals surface area contributed by atoms with Crippen LogP contribution in [0.5, 0.6) is 0 Å². The third kappa shape index (κ3) is 6.11. The normalized spacial score (nSPS) is 11.7. The largest absolute Gasteiger partial charge is 0.301 e. The molecule has 0 saturated heterocycles. The van der Waals surface area contributed by atoms with Gasteiger partial charge in [0.25, 0.3) is 0 Å². The Morgan fingerprint density at radius 2 is 1.88 bits per heavy atom. The predicted molar refractivity (Wildman–Crippen MR) is 99.8 cm³/mol. The second kappa shape index (κ2) is 9.15. The lowest BCUT2D eigenvalue weighted by Gasteiger charge is -2.08. The van der Waals surface area contributed by atoms with Gasteiger partial charge in [0.15, 0.2) is 0 Å². The molecule has 1 amide bonds. The highest BCUT2D eigenvalue weighted by molar-refractivity contribution is 7.90. The van der Waals surface area contributed by atoms with Crippen molar-refractivity contribution in [2.75, 3.05) is 11.9 Å². The Balaban J connectivity index is 1.74. The molecule has 7 nitrogen and oxygen atoms in total. The number of halogens is 1. The molecule has 26 heavy (non-hydrogen) atoms. The average molecular weight is 401 g/mol. The first-order chi connectivity index (χ1) is 12.3. The predicted octanol–water partition coefficient (Wildman–Crippen LogP) is 2.78. The minimum atomic E-state index is -3.26. The van der Waals surface area contributed by atoms with Crippen LogP contribution in [0.2, 0.25) is 0 Å². The molecule has 1 heterocycles. The van der Waals surface area contributed by atoms with E-state index in [4.69, 9.17) is 0 Å². The number of carbonyl (C=O) groups is 1. The van der Waals surface area contributed by atoms with Crippen LogP contribution in [-0.4, -0.2) is 36.3 Å². The van der Waals surface area contributed by atoms with E-state index in [2.05, 4.69) is 20.2 Å². The molecule has 0 atom stereocenters. The molecule has 0 radical (unpaired) electrons. The number of rotatable bonds is 9. The van der Waals surface area contributed by atoms with Crippen LogP contribution in [0.15, 0.2) is 24.3 Å². The van der Waals surface area contributed by atoms with Crippen molar-refractivity contribution in [3.05, 3.63) is 30.1 Å². The number of benzene rings is 1. The number of aromatic nitrogens is 2. The number of unbranched alkanes of at least 4 members (excludes halogenated alkanes) is 1. The molecule has 0 bridgehead atoms. The summed E-state index contributed by atoms with van der Waals surface area (Å²) in [4.78, 5) is 11.9. The first-order valence-corrected chi connectivity index (χ1v) is 10.5. The first kappa shape index (κ1) is 20.4. The van der Waals surface area contributed by atoms with E-state index in [-0.39, 0.29) is 18.1 Å². The van der Waals surface area contributed by atoms with Gasteiger partial charge in [-0.1, -0.05) is 11.3 Å². The Hall–Kier alpha value is -1.91. The highest BCUT2D eigenvalue weighted by atomic mass is 32.2. The van der Waals surface area contributed by atoms with Gasteiger partial charge in [0.2, 0.25) is 21.1 Å². The van der Waals surface area contributed by atoms with Crippen LogP contribution in [-0.2, 0) is 14.8 Å². The summed E-state index contributed by atoms with van der Waals surface area (Å²) in [5.74, 6) is -0.541. The highest BCUT2D eigenvalue weighted by Crippen LogP contribution is 2.26. The minimum Gasteiger partial charge on any atom is -0.301 e. The lowest BCUT2D eigenvalue weighted by atomic mass is 10.2. The Kier molecular flexibility index (Phi) is 7.18. The van der Waals surface area contributed by atoms with Crippen LogP contribution in [0.25, 0.3) is 10.6 Å². The molecule has 0 aliphatic heterocycles. The van der Waals surface area contributed by atoms with Crippen LogP contribution in [0.1, 0.15) is 33.1 Å². The van der Waals surface area contributed by atoms with Crippen LogP contribution < -0.4 is 10.0 Å². The maximum absolute atomic E-state index is 12.9. The zero-order valence-corrected chi connectivity index (χ0v) is 16.2. The molecular formula is C16H21FN4O3S2. The van der Waals surface area contributed by atoms with Gasteiger partial charge in [0.1, 0.15) is 10.8 Å². The summed E-state index contributed by atoms with van der Waals surface area (Å²) in [6.45, 7) is 3.53. The molecule has 1 aromatic heterocycles. The maximum atomic E-state index is 12.9. The second-order valence-electron chi connectivity index (χ2n) is 5.91. The van der Waals surface area contributed by atoms with Gasteiger partial charge in [-0.25, -0.2) is 17.5 Å². The van der Waals surface area contributed by atoms with Gasteiger partial charge in [-0.15, -0.1) is 10.2 Å². The van der Waals surface area contributed by atoms with E-state index in [9.17, 15) is 17.6 Å². The van der Waals surface area contributed by atoms with Gasteiger partial charge in [-0.2, -0.15) is 0 Å². The summed E-state index contributed by atoms with van der Waals surface area (Å²) >= 11 is 1.20. The number of nitrogens with one attached hydrogen (secondary N) is 2. The van der Waals surface area contributed by atoms with E-state index in [1.807, 2.05) is 0 Å². The summed E-state index contributed by atoms with van der Waals surface area (Å²) in [6.07, 6.45) is 1.38. The van der Waals surface area contributed by atoms with Gasteiger partial charge in [0, 0.05) is 18.5 Å². The van der Waals surface area contributed by atoms with Crippen LogP contribution in [0.3, 0.4) is 0 Å². The molecular weight excluding hydrogens is 379 g/mol. The topological polar surface area (TPSA) is 101 Å². The molecule has 2 N–H and O–H groups in total. The Morgan fingerprint density at radius 1 is 1.19 bits per heavy atom. The summed E-state index contributed by atoms with van der Waals surface area (Å²) in [6, 6.07) is 5.87. The summed E-state index contributed by atoms with van der Waals surface area (Å²) in [5.41, 5.74) is 0.724. The number of hydrogen-bond donors (Lipinski definition) is 2. The van der Waals surface area contributed by atoms with Gasteiger partial charge in [-0.05, 0) is 51.0 Å². The number of hydrogen-bond acceptors (Lipinski definition) is 6. The van der Waals surface area contributed by atoms with E-state index < -0.39 is 15.3 Å². The third-order valence-corrected chi connectivity index (χ3v) is 6.25. The first-order valence-electron chi connectivity index (χ1n) is 8.15. The number of anilines is 1. The molecule has 2 rings (SSSR count). The molecule has 142 valence electrons. The van der Waals surface area contributed by atoms with Crippen LogP contribution in [0, 0.1) is 5.82 Å². The third-order valence-electron chi connectivity index (χ3n) is 3.52. The highest BCUT2D eigenvalue weighted by Gasteiger charge is 2.14. The van der Waals surface area contributed by atoms with Gasteiger partial charge in [-0.3, -0.25) is 4.79 Å². The number of carbonyl (C=O) groups excluding carboxylic acids is 1. The molecule has 0 unspecified atom stereocenters. The SMILES string of the molecule is CC(C)S(=O)(=O)NCCCCC(=O)Nc1nnc(-c2ccc(F)cc2)s1. The standard InChI is InChI=1S/C16H21FN4O3S2/c1-11(2)26(23,24)18-10-4-3-5-14(22)19-16-21-20-15(25-16)12-6-8-13(17)9-7-12/h6-9,11,18H,3-5,10H2,1-2H3,(H,19,21,22). The van der Waals surface area contributed by atoms with Crippen molar-refractivity contribution >= 4 is 32.4 Å². The van der Waals surface area contributed by atoms with Gasteiger partial charge >= 0.3 is 0 Å². The fraction of sp³-hybridized carbons (Fsp3) is 0.438. The van der Waals surface area contributed by atoms with Crippen molar-refractivity contribution in [1.29, 1.82) is 0 Å². The maximum Gasteiger partial charge on any atom is 0.226 e. The molecule has 0 fully saturated rings. The second-order valence-corrected chi connectivity index (χ2v) is 9.21. The van der Waals surface area contributed by atoms with E-state index >= 15 is 0 Å². The summed E-state index contributed by atoms with van der Waals surface area (Å²) < 4.78 is 38.6. The van der Waals surface area contributed by atoms with E-state index in [0.717, 1.165) is 5.56 Å². The fourth-order valence-electron chi connectivity index (χ4n) is 1.96. The monoisotopic (exact) mass is 400 g/mol. The average Bonchev–Trinajstić information content (AvgIpc) is 3.03. The quantitative estimate of drug-likeness (QED) is 0.630.